The van der Waals surface area contributed by atoms with E-state index in [2.05, 4.69) is 5.32 Å². The summed E-state index contributed by atoms with van der Waals surface area (Å²) in [5.74, 6) is 0.400. The van der Waals surface area contributed by atoms with E-state index in [4.69, 9.17) is 39.5 Å². The molecular weight excluding hydrogens is 507 g/mol. The topological polar surface area (TPSA) is 75.7 Å². The first kappa shape index (κ1) is 25.2. The Morgan fingerprint density at radius 1 is 0.909 bits per heavy atom. The van der Waals surface area contributed by atoms with Gasteiger partial charge < -0.3 is 10.1 Å². The van der Waals surface area contributed by atoms with Crippen molar-refractivity contribution in [2.75, 3.05) is 23.7 Å². The molecule has 0 bridgehead atoms. The van der Waals surface area contributed by atoms with Gasteiger partial charge in [0.05, 0.1) is 25.0 Å². The minimum Gasteiger partial charge on any atom is -0.492 e. The zero-order valence-corrected chi connectivity index (χ0v) is 20.7. The molecule has 1 amide bonds. The highest BCUT2D eigenvalue weighted by Gasteiger charge is 2.19. The number of carbonyl (C=O) groups excluding carboxylic acids is 1. The van der Waals surface area contributed by atoms with Gasteiger partial charge in [0, 0.05) is 20.6 Å². The third-order valence-corrected chi connectivity index (χ3v) is 6.38. The van der Waals surface area contributed by atoms with Crippen molar-refractivity contribution >= 4 is 56.4 Å². The number of anilines is 1. The summed E-state index contributed by atoms with van der Waals surface area (Å²) in [7, 11) is -3.60. The lowest BCUT2D eigenvalue weighted by Crippen LogP contribution is -2.29. The normalized spacial score (nSPS) is 11.2. The van der Waals surface area contributed by atoms with Gasteiger partial charge in [0.15, 0.2) is 0 Å². The Bertz CT molecular complexity index is 1200. The minimum absolute atomic E-state index is 0.0618. The van der Waals surface area contributed by atoms with Crippen LogP contribution in [-0.2, 0) is 16.6 Å². The number of ether oxygens (including phenoxy) is 1. The summed E-state index contributed by atoms with van der Waals surface area (Å²) >= 11 is 17.9. The van der Waals surface area contributed by atoms with Gasteiger partial charge in [0.2, 0.25) is 10.0 Å². The molecule has 10 heteroatoms. The van der Waals surface area contributed by atoms with Crippen LogP contribution in [-0.4, -0.2) is 33.7 Å². The summed E-state index contributed by atoms with van der Waals surface area (Å²) in [4.78, 5) is 12.4. The zero-order valence-electron chi connectivity index (χ0n) is 17.6. The van der Waals surface area contributed by atoms with Gasteiger partial charge in [-0.2, -0.15) is 0 Å². The van der Waals surface area contributed by atoms with E-state index in [1.54, 1.807) is 48.5 Å². The monoisotopic (exact) mass is 526 g/mol. The summed E-state index contributed by atoms with van der Waals surface area (Å²) < 4.78 is 31.5. The molecule has 1 N–H and O–H groups in total. The van der Waals surface area contributed by atoms with Crippen LogP contribution >= 0.6 is 34.8 Å². The number of nitrogens with zero attached hydrogens (tertiary/aromatic N) is 1. The second-order valence-electron chi connectivity index (χ2n) is 7.15. The van der Waals surface area contributed by atoms with E-state index < -0.39 is 10.0 Å². The van der Waals surface area contributed by atoms with E-state index in [0.29, 0.717) is 50.8 Å². The zero-order chi connectivity index (χ0) is 24.0. The molecule has 0 radical (unpaired) electrons. The van der Waals surface area contributed by atoms with E-state index in [0.717, 1.165) is 6.26 Å². The van der Waals surface area contributed by atoms with Gasteiger partial charge in [-0.05, 0) is 60.2 Å². The summed E-state index contributed by atoms with van der Waals surface area (Å²) in [5.41, 5.74) is 1.50. The Kier molecular flexibility index (Phi) is 8.48. The lowest BCUT2D eigenvalue weighted by Gasteiger charge is -2.23. The Hall–Kier alpha value is -2.45. The van der Waals surface area contributed by atoms with Crippen molar-refractivity contribution in [3.05, 3.63) is 92.9 Å². The third kappa shape index (κ3) is 7.54. The summed E-state index contributed by atoms with van der Waals surface area (Å²) in [5, 5.41) is 4.06. The Morgan fingerprint density at radius 3 is 2.09 bits per heavy atom. The Morgan fingerprint density at radius 2 is 1.52 bits per heavy atom. The maximum absolute atomic E-state index is 12.4. The third-order valence-electron chi connectivity index (χ3n) is 4.55. The van der Waals surface area contributed by atoms with Gasteiger partial charge in [-0.25, -0.2) is 8.42 Å². The van der Waals surface area contributed by atoms with E-state index in [1.807, 2.05) is 0 Å². The van der Waals surface area contributed by atoms with Crippen molar-refractivity contribution in [2.24, 2.45) is 0 Å². The molecule has 0 saturated heterocycles. The van der Waals surface area contributed by atoms with Gasteiger partial charge in [0.25, 0.3) is 5.91 Å². The number of hydrogen-bond donors (Lipinski definition) is 1. The van der Waals surface area contributed by atoms with Gasteiger partial charge in [-0.1, -0.05) is 46.9 Å². The van der Waals surface area contributed by atoms with Crippen LogP contribution in [0.2, 0.25) is 15.1 Å². The molecule has 0 aliphatic carbocycles. The summed E-state index contributed by atoms with van der Waals surface area (Å²) in [6.45, 7) is 0.684. The Labute approximate surface area is 208 Å². The smallest absolute Gasteiger partial charge is 0.251 e. The predicted molar refractivity (Wildman–Crippen MR) is 133 cm³/mol. The number of carbonyl (C=O) groups is 1. The lowest BCUT2D eigenvalue weighted by atomic mass is 10.1. The van der Waals surface area contributed by atoms with Gasteiger partial charge >= 0.3 is 0 Å². The molecule has 0 heterocycles. The highest BCUT2D eigenvalue weighted by atomic mass is 35.5. The van der Waals surface area contributed by atoms with Crippen molar-refractivity contribution < 1.29 is 17.9 Å². The molecule has 0 saturated carbocycles. The fraction of sp³-hybridized carbons (Fsp3) is 0.174. The molecule has 0 aromatic heterocycles. The molecule has 0 aliphatic heterocycles. The molecule has 0 unspecified atom stereocenters. The Balaban J connectivity index is 1.59. The molecule has 6 nitrogen and oxygen atoms in total. The number of nitrogens with one attached hydrogen (secondary N) is 1. The maximum atomic E-state index is 12.4. The van der Waals surface area contributed by atoms with Crippen molar-refractivity contribution in [1.29, 1.82) is 0 Å². The minimum atomic E-state index is -3.60. The van der Waals surface area contributed by atoms with Crippen LogP contribution in [0, 0.1) is 0 Å². The molecule has 0 aliphatic rings. The van der Waals surface area contributed by atoms with Crippen molar-refractivity contribution in [1.82, 2.24) is 5.32 Å². The number of benzene rings is 3. The first-order valence-electron chi connectivity index (χ1n) is 9.81. The number of amides is 1. The molecule has 3 aromatic rings. The van der Waals surface area contributed by atoms with Crippen molar-refractivity contribution in [3.8, 4) is 5.75 Å². The first-order valence-corrected chi connectivity index (χ1v) is 12.8. The van der Waals surface area contributed by atoms with Gasteiger partial charge in [0.1, 0.15) is 12.4 Å². The van der Waals surface area contributed by atoms with Crippen LogP contribution in [0.15, 0.2) is 66.7 Å². The lowest BCUT2D eigenvalue weighted by molar-refractivity contribution is 0.0947. The highest BCUT2D eigenvalue weighted by Crippen LogP contribution is 2.28. The van der Waals surface area contributed by atoms with Crippen LogP contribution < -0.4 is 14.4 Å². The molecule has 3 rings (SSSR count). The second kappa shape index (κ2) is 11.1. The number of hydrogen-bond acceptors (Lipinski definition) is 4. The van der Waals surface area contributed by atoms with E-state index >= 15 is 0 Å². The van der Waals surface area contributed by atoms with Crippen LogP contribution in [0.25, 0.3) is 0 Å². The van der Waals surface area contributed by atoms with Crippen LogP contribution in [0.4, 0.5) is 5.69 Å². The quantitative estimate of drug-likeness (QED) is 0.377. The standard InChI is InChI=1S/C23H21Cl3N2O4S/c1-33(30,31)28(21-13-19(25)12-20(26)14-21)15-16-2-4-17(5-3-16)23(29)27-10-11-32-22-8-6-18(24)7-9-22/h2-9,12-14H,10-11,15H2,1H3,(H,27,29). The first-order chi connectivity index (χ1) is 15.6. The van der Waals surface area contributed by atoms with E-state index in [-0.39, 0.29) is 12.5 Å². The predicted octanol–water partition coefficient (Wildman–Crippen LogP) is 5.42. The summed E-state index contributed by atoms with van der Waals surface area (Å²) in [6, 6.07) is 18.2. The van der Waals surface area contributed by atoms with Crippen LogP contribution in [0.3, 0.4) is 0 Å². The average Bonchev–Trinajstić information content (AvgIpc) is 2.75. The molecule has 174 valence electrons. The van der Waals surface area contributed by atoms with Crippen LogP contribution in [0.5, 0.6) is 5.75 Å². The largest absolute Gasteiger partial charge is 0.492 e. The number of rotatable bonds is 9. The maximum Gasteiger partial charge on any atom is 0.251 e. The fourth-order valence-electron chi connectivity index (χ4n) is 2.98. The molecule has 3 aromatic carbocycles. The number of halogens is 3. The van der Waals surface area contributed by atoms with E-state index in [1.165, 1.54) is 22.5 Å². The second-order valence-corrected chi connectivity index (χ2v) is 10.4. The SMILES string of the molecule is CS(=O)(=O)N(Cc1ccc(C(=O)NCCOc2ccc(Cl)cc2)cc1)c1cc(Cl)cc(Cl)c1. The fourth-order valence-corrected chi connectivity index (χ4v) is 4.49. The van der Waals surface area contributed by atoms with Gasteiger partial charge in [-0.15, -0.1) is 0 Å². The number of sulfonamides is 1. The molecular formula is C23H21Cl3N2O4S. The molecule has 0 atom stereocenters. The van der Waals surface area contributed by atoms with Crippen molar-refractivity contribution in [2.45, 2.75) is 6.54 Å². The van der Waals surface area contributed by atoms with E-state index in [9.17, 15) is 13.2 Å². The molecule has 33 heavy (non-hydrogen) atoms. The average molecular weight is 528 g/mol. The van der Waals surface area contributed by atoms with Gasteiger partial charge in [-0.3, -0.25) is 9.10 Å². The molecule has 0 fully saturated rings. The van der Waals surface area contributed by atoms with Crippen molar-refractivity contribution in [3.63, 3.8) is 0 Å². The summed E-state index contributed by atoms with van der Waals surface area (Å²) in [6.07, 6.45) is 1.11. The molecule has 0 spiro atoms. The van der Waals surface area contributed by atoms with Crippen LogP contribution in [0.1, 0.15) is 15.9 Å². The highest BCUT2D eigenvalue weighted by molar-refractivity contribution is 7.92.